The Labute approximate surface area is 192 Å². The molecule has 0 bridgehead atoms. The van der Waals surface area contributed by atoms with E-state index >= 15 is 0 Å². The van der Waals surface area contributed by atoms with Gasteiger partial charge in [0.2, 0.25) is 0 Å². The van der Waals surface area contributed by atoms with Crippen LogP contribution in [-0.4, -0.2) is 36.6 Å². The summed E-state index contributed by atoms with van der Waals surface area (Å²) in [5.41, 5.74) is 1.42. The minimum atomic E-state index is 0.157. The zero-order valence-electron chi connectivity index (χ0n) is 18.5. The van der Waals surface area contributed by atoms with Gasteiger partial charge in [-0.05, 0) is 59.4 Å². The summed E-state index contributed by atoms with van der Waals surface area (Å²) >= 11 is 0. The molecule has 0 saturated carbocycles. The number of benzene rings is 4. The van der Waals surface area contributed by atoms with E-state index in [0.29, 0.717) is 48.7 Å². The Balaban J connectivity index is 1.76. The van der Waals surface area contributed by atoms with E-state index in [2.05, 4.69) is 24.3 Å². The zero-order chi connectivity index (χ0) is 22.6. The second-order valence-electron chi connectivity index (χ2n) is 8.26. The SMILES string of the molecule is OCCCCOc1cc2ccccc2c2c1oc1c(OCCCCO)cc3ccccc3c12. The lowest BCUT2D eigenvalue weighted by atomic mass is 9.99. The summed E-state index contributed by atoms with van der Waals surface area (Å²) in [7, 11) is 0. The number of unbranched alkanes of at least 4 members (excludes halogenated alkanes) is 2. The third-order valence-electron chi connectivity index (χ3n) is 6.01. The molecule has 0 aliphatic heterocycles. The van der Waals surface area contributed by atoms with Crippen molar-refractivity contribution in [3.8, 4) is 11.5 Å². The Bertz CT molecular complexity index is 1300. The largest absolute Gasteiger partial charge is 0.490 e. The van der Waals surface area contributed by atoms with Gasteiger partial charge < -0.3 is 24.1 Å². The first-order valence-electron chi connectivity index (χ1n) is 11.6. The van der Waals surface area contributed by atoms with Gasteiger partial charge in [0.1, 0.15) is 0 Å². The number of aliphatic hydroxyl groups excluding tert-OH is 2. The molecule has 0 aliphatic rings. The smallest absolute Gasteiger partial charge is 0.178 e. The summed E-state index contributed by atoms with van der Waals surface area (Å²) in [4.78, 5) is 0. The molecule has 5 aromatic rings. The van der Waals surface area contributed by atoms with Crippen molar-refractivity contribution in [3.05, 3.63) is 60.7 Å². The second kappa shape index (κ2) is 9.69. The van der Waals surface area contributed by atoms with Gasteiger partial charge in [-0.1, -0.05) is 48.5 Å². The molecule has 4 aromatic carbocycles. The van der Waals surface area contributed by atoms with Gasteiger partial charge in [0.25, 0.3) is 0 Å². The van der Waals surface area contributed by atoms with E-state index in [-0.39, 0.29) is 13.2 Å². The Hall–Kier alpha value is -3.28. The third kappa shape index (κ3) is 4.10. The average molecular weight is 445 g/mol. The van der Waals surface area contributed by atoms with Crippen LogP contribution in [0.3, 0.4) is 0 Å². The van der Waals surface area contributed by atoms with E-state index in [1.165, 1.54) is 0 Å². The van der Waals surface area contributed by atoms with Gasteiger partial charge in [0.05, 0.1) is 13.2 Å². The lowest BCUT2D eigenvalue weighted by molar-refractivity contribution is 0.252. The van der Waals surface area contributed by atoms with Gasteiger partial charge in [0.15, 0.2) is 22.7 Å². The lowest BCUT2D eigenvalue weighted by Crippen LogP contribution is -1.99. The molecular formula is C28H28O5. The van der Waals surface area contributed by atoms with Crippen molar-refractivity contribution >= 4 is 43.5 Å². The monoisotopic (exact) mass is 444 g/mol. The minimum absolute atomic E-state index is 0.157. The van der Waals surface area contributed by atoms with E-state index in [1.807, 2.05) is 36.4 Å². The number of rotatable bonds is 10. The molecule has 170 valence electrons. The lowest BCUT2D eigenvalue weighted by Gasteiger charge is -2.09. The van der Waals surface area contributed by atoms with E-state index in [9.17, 15) is 0 Å². The van der Waals surface area contributed by atoms with Crippen molar-refractivity contribution in [2.75, 3.05) is 26.4 Å². The van der Waals surface area contributed by atoms with Gasteiger partial charge in [0, 0.05) is 24.0 Å². The molecule has 0 radical (unpaired) electrons. The topological polar surface area (TPSA) is 72.1 Å². The first-order chi connectivity index (χ1) is 16.3. The molecule has 0 spiro atoms. The van der Waals surface area contributed by atoms with Crippen LogP contribution in [0.1, 0.15) is 25.7 Å². The molecule has 0 amide bonds. The van der Waals surface area contributed by atoms with Gasteiger partial charge >= 0.3 is 0 Å². The van der Waals surface area contributed by atoms with Gasteiger partial charge in [-0.25, -0.2) is 0 Å². The fourth-order valence-electron chi connectivity index (χ4n) is 4.41. The molecule has 5 heteroatoms. The maximum absolute atomic E-state index is 9.11. The Morgan fingerprint density at radius 3 is 1.52 bits per heavy atom. The predicted molar refractivity (Wildman–Crippen MR) is 132 cm³/mol. The zero-order valence-corrected chi connectivity index (χ0v) is 18.5. The average Bonchev–Trinajstić information content (AvgIpc) is 3.26. The fraction of sp³-hybridized carbons (Fsp3) is 0.286. The van der Waals surface area contributed by atoms with Crippen LogP contribution < -0.4 is 9.47 Å². The van der Waals surface area contributed by atoms with Crippen molar-refractivity contribution in [2.24, 2.45) is 0 Å². The Morgan fingerprint density at radius 2 is 1.06 bits per heavy atom. The van der Waals surface area contributed by atoms with Crippen LogP contribution in [0.15, 0.2) is 65.1 Å². The molecule has 1 heterocycles. The number of ether oxygens (including phenoxy) is 2. The third-order valence-corrected chi connectivity index (χ3v) is 6.01. The van der Waals surface area contributed by atoms with Crippen LogP contribution in [0.2, 0.25) is 0 Å². The van der Waals surface area contributed by atoms with E-state index in [0.717, 1.165) is 45.2 Å². The second-order valence-corrected chi connectivity index (χ2v) is 8.26. The molecule has 2 N–H and O–H groups in total. The first kappa shape index (κ1) is 21.6. The van der Waals surface area contributed by atoms with Gasteiger partial charge in [-0.15, -0.1) is 0 Å². The molecule has 5 nitrogen and oxygen atoms in total. The van der Waals surface area contributed by atoms with Gasteiger partial charge in [-0.2, -0.15) is 0 Å². The molecule has 0 saturated heterocycles. The van der Waals surface area contributed by atoms with E-state index in [4.69, 9.17) is 24.1 Å². The number of furan rings is 1. The van der Waals surface area contributed by atoms with E-state index < -0.39 is 0 Å². The highest BCUT2D eigenvalue weighted by Gasteiger charge is 2.21. The summed E-state index contributed by atoms with van der Waals surface area (Å²) in [6, 6.07) is 20.6. The molecule has 0 fully saturated rings. The predicted octanol–water partition coefficient (Wildman–Crippen LogP) is 6.20. The highest BCUT2D eigenvalue weighted by molar-refractivity contribution is 6.28. The molecule has 0 aliphatic carbocycles. The van der Waals surface area contributed by atoms with Crippen LogP contribution in [0, 0.1) is 0 Å². The molecule has 0 atom stereocenters. The van der Waals surface area contributed by atoms with Crippen LogP contribution in [0.5, 0.6) is 11.5 Å². The summed E-state index contributed by atoms with van der Waals surface area (Å²) in [5, 5.41) is 24.7. The Kier molecular flexibility index (Phi) is 6.33. The number of fused-ring (bicyclic) bond motifs is 7. The fourth-order valence-corrected chi connectivity index (χ4v) is 4.41. The van der Waals surface area contributed by atoms with Crippen molar-refractivity contribution in [2.45, 2.75) is 25.7 Å². The molecule has 5 rings (SSSR count). The molecular weight excluding hydrogens is 416 g/mol. The van der Waals surface area contributed by atoms with Crippen molar-refractivity contribution in [1.29, 1.82) is 0 Å². The first-order valence-corrected chi connectivity index (χ1v) is 11.6. The maximum Gasteiger partial charge on any atom is 0.178 e. The normalized spacial score (nSPS) is 11.7. The molecule has 1 aromatic heterocycles. The summed E-state index contributed by atoms with van der Waals surface area (Å²) in [6.45, 7) is 1.33. The van der Waals surface area contributed by atoms with Crippen molar-refractivity contribution in [3.63, 3.8) is 0 Å². The Morgan fingerprint density at radius 1 is 0.606 bits per heavy atom. The summed E-state index contributed by atoms with van der Waals surface area (Å²) < 4.78 is 18.8. The molecule has 33 heavy (non-hydrogen) atoms. The van der Waals surface area contributed by atoms with Crippen LogP contribution in [0.4, 0.5) is 0 Å². The number of hydrogen-bond donors (Lipinski definition) is 2. The summed E-state index contributed by atoms with van der Waals surface area (Å²) in [5.74, 6) is 1.40. The quantitative estimate of drug-likeness (QED) is 0.251. The standard InChI is InChI=1S/C28H28O5/c29-13-5-7-15-31-23-17-19-9-1-3-11-21(19)25-26-22-12-4-2-10-20(22)18-24(28(26)33-27(23)25)32-16-8-6-14-30/h1-4,9-12,17-18,29-30H,5-8,13-16H2. The van der Waals surface area contributed by atoms with E-state index in [1.54, 1.807) is 0 Å². The highest BCUT2D eigenvalue weighted by Crippen LogP contribution is 2.46. The van der Waals surface area contributed by atoms with Crippen LogP contribution >= 0.6 is 0 Å². The highest BCUT2D eigenvalue weighted by atomic mass is 16.5. The van der Waals surface area contributed by atoms with Crippen LogP contribution in [0.25, 0.3) is 43.5 Å². The van der Waals surface area contributed by atoms with Gasteiger partial charge in [-0.3, -0.25) is 0 Å². The molecule has 0 unspecified atom stereocenters. The van der Waals surface area contributed by atoms with Crippen LogP contribution in [-0.2, 0) is 0 Å². The minimum Gasteiger partial charge on any atom is -0.490 e. The van der Waals surface area contributed by atoms with Crippen molar-refractivity contribution < 1.29 is 24.1 Å². The maximum atomic E-state index is 9.11. The number of aliphatic hydroxyl groups is 2. The summed E-state index contributed by atoms with van der Waals surface area (Å²) in [6.07, 6.45) is 2.95. The van der Waals surface area contributed by atoms with Crippen molar-refractivity contribution in [1.82, 2.24) is 0 Å². The number of hydrogen-bond acceptors (Lipinski definition) is 5.